The molecular weight excluding hydrogens is 296 g/mol. The van der Waals surface area contributed by atoms with Crippen LogP contribution in [0.3, 0.4) is 0 Å². The Bertz CT molecular complexity index is 672. The van der Waals surface area contributed by atoms with Crippen molar-refractivity contribution in [2.45, 2.75) is 0 Å². The minimum Gasteiger partial charge on any atom is -0.496 e. The topological polar surface area (TPSA) is 61.3 Å². The highest BCUT2D eigenvalue weighted by atomic mass is 16.5. The Balaban J connectivity index is 2.39. The summed E-state index contributed by atoms with van der Waals surface area (Å²) < 4.78 is 21.5. The van der Waals surface area contributed by atoms with E-state index in [1.54, 1.807) is 40.7 Å². The molecule has 0 amide bonds. The van der Waals surface area contributed by atoms with Gasteiger partial charge >= 0.3 is 0 Å². The van der Waals surface area contributed by atoms with E-state index in [4.69, 9.17) is 18.9 Å². The molecule has 0 bridgehead atoms. The Hall–Kier alpha value is -2.89. The van der Waals surface area contributed by atoms with E-state index < -0.39 is 0 Å². The molecule has 0 unspecified atom stereocenters. The molecule has 2 rings (SSSR count). The Morgan fingerprint density at radius 1 is 0.826 bits per heavy atom. The lowest BCUT2D eigenvalue weighted by Crippen LogP contribution is -2.02. The zero-order chi connectivity index (χ0) is 16.7. The second-order valence-electron chi connectivity index (χ2n) is 4.50. The van der Waals surface area contributed by atoms with Crippen molar-refractivity contribution in [3.8, 4) is 23.0 Å². The molecule has 23 heavy (non-hydrogen) atoms. The molecule has 0 aliphatic carbocycles. The molecule has 6 heteroatoms. The minimum atomic E-state index is 0.483. The van der Waals surface area contributed by atoms with Gasteiger partial charge in [0.1, 0.15) is 5.75 Å². The van der Waals surface area contributed by atoms with Crippen molar-refractivity contribution >= 4 is 11.9 Å². The SMILES string of the molecule is COc1cc(OC)c(OC)c(OC)c1C=NNc1ccccc1. The van der Waals surface area contributed by atoms with Gasteiger partial charge in [0.05, 0.1) is 45.9 Å². The first-order valence-electron chi connectivity index (χ1n) is 6.96. The number of nitrogens with zero attached hydrogens (tertiary/aromatic N) is 1. The maximum atomic E-state index is 5.45. The molecule has 0 fully saturated rings. The van der Waals surface area contributed by atoms with Gasteiger partial charge in [-0.05, 0) is 12.1 Å². The first-order valence-corrected chi connectivity index (χ1v) is 6.96. The summed E-state index contributed by atoms with van der Waals surface area (Å²) in [6.07, 6.45) is 1.62. The van der Waals surface area contributed by atoms with Crippen molar-refractivity contribution in [2.24, 2.45) is 5.10 Å². The lowest BCUT2D eigenvalue weighted by molar-refractivity contribution is 0.318. The number of hydrogen-bond acceptors (Lipinski definition) is 6. The molecule has 0 radical (unpaired) electrons. The molecule has 1 N–H and O–H groups in total. The normalized spacial score (nSPS) is 10.4. The number of nitrogens with one attached hydrogen (secondary N) is 1. The number of hydrogen-bond donors (Lipinski definition) is 1. The number of para-hydroxylation sites is 1. The summed E-state index contributed by atoms with van der Waals surface area (Å²) >= 11 is 0. The largest absolute Gasteiger partial charge is 0.496 e. The van der Waals surface area contributed by atoms with Crippen LogP contribution >= 0.6 is 0 Å². The molecule has 2 aromatic carbocycles. The van der Waals surface area contributed by atoms with Gasteiger partial charge in [0.25, 0.3) is 0 Å². The van der Waals surface area contributed by atoms with E-state index in [0.717, 1.165) is 5.69 Å². The van der Waals surface area contributed by atoms with Gasteiger partial charge in [0.15, 0.2) is 11.5 Å². The van der Waals surface area contributed by atoms with Crippen LogP contribution in [0.25, 0.3) is 0 Å². The zero-order valence-corrected chi connectivity index (χ0v) is 13.6. The summed E-state index contributed by atoms with van der Waals surface area (Å²) in [6.45, 7) is 0. The van der Waals surface area contributed by atoms with E-state index >= 15 is 0 Å². The molecule has 0 aliphatic heterocycles. The van der Waals surface area contributed by atoms with Crippen LogP contribution in [0.15, 0.2) is 41.5 Å². The highest BCUT2D eigenvalue weighted by Crippen LogP contribution is 2.44. The van der Waals surface area contributed by atoms with Crippen LogP contribution in [0.4, 0.5) is 5.69 Å². The number of anilines is 1. The third-order valence-corrected chi connectivity index (χ3v) is 3.21. The minimum absolute atomic E-state index is 0.483. The highest BCUT2D eigenvalue weighted by molar-refractivity contribution is 5.90. The van der Waals surface area contributed by atoms with Crippen molar-refractivity contribution in [3.63, 3.8) is 0 Å². The molecule has 0 spiro atoms. The molecule has 0 atom stereocenters. The maximum Gasteiger partial charge on any atom is 0.204 e. The van der Waals surface area contributed by atoms with E-state index in [1.807, 2.05) is 30.3 Å². The second-order valence-corrected chi connectivity index (χ2v) is 4.50. The van der Waals surface area contributed by atoms with Crippen LogP contribution in [0, 0.1) is 0 Å². The fourth-order valence-corrected chi connectivity index (χ4v) is 2.13. The van der Waals surface area contributed by atoms with Crippen molar-refractivity contribution in [1.29, 1.82) is 0 Å². The van der Waals surface area contributed by atoms with Gasteiger partial charge in [-0.1, -0.05) is 18.2 Å². The number of methoxy groups -OCH3 is 4. The van der Waals surface area contributed by atoms with Crippen molar-refractivity contribution in [3.05, 3.63) is 42.0 Å². The number of rotatable bonds is 7. The third kappa shape index (κ3) is 3.66. The Labute approximate surface area is 135 Å². The van der Waals surface area contributed by atoms with Crippen LogP contribution in [0.2, 0.25) is 0 Å². The Kier molecular flexibility index (Phi) is 5.68. The van der Waals surface area contributed by atoms with Gasteiger partial charge in [0.2, 0.25) is 5.75 Å². The van der Waals surface area contributed by atoms with E-state index in [9.17, 15) is 0 Å². The molecule has 0 aromatic heterocycles. The first kappa shape index (κ1) is 16.5. The van der Waals surface area contributed by atoms with E-state index in [0.29, 0.717) is 28.6 Å². The van der Waals surface area contributed by atoms with Gasteiger partial charge in [0, 0.05) is 6.07 Å². The zero-order valence-electron chi connectivity index (χ0n) is 13.6. The number of hydrazone groups is 1. The van der Waals surface area contributed by atoms with E-state index in [1.165, 1.54) is 0 Å². The molecule has 0 aliphatic rings. The molecule has 0 saturated carbocycles. The Morgan fingerprint density at radius 3 is 2.04 bits per heavy atom. The number of ether oxygens (including phenoxy) is 4. The summed E-state index contributed by atoms with van der Waals surface area (Å²) in [7, 11) is 6.23. The smallest absolute Gasteiger partial charge is 0.204 e. The predicted molar refractivity (Wildman–Crippen MR) is 90.3 cm³/mol. The van der Waals surface area contributed by atoms with Gasteiger partial charge in [-0.3, -0.25) is 5.43 Å². The summed E-state index contributed by atoms with van der Waals surface area (Å²) in [5.41, 5.74) is 4.47. The van der Waals surface area contributed by atoms with Crippen LogP contribution in [0.1, 0.15) is 5.56 Å². The molecule has 0 heterocycles. The van der Waals surface area contributed by atoms with Crippen LogP contribution in [-0.4, -0.2) is 34.7 Å². The predicted octanol–water partition coefficient (Wildman–Crippen LogP) is 3.17. The molecule has 0 saturated heterocycles. The van der Waals surface area contributed by atoms with Crippen molar-refractivity contribution < 1.29 is 18.9 Å². The number of benzene rings is 2. The van der Waals surface area contributed by atoms with E-state index in [2.05, 4.69) is 10.5 Å². The highest BCUT2D eigenvalue weighted by Gasteiger charge is 2.20. The van der Waals surface area contributed by atoms with Gasteiger partial charge in [-0.15, -0.1) is 0 Å². The molecule has 6 nitrogen and oxygen atoms in total. The van der Waals surface area contributed by atoms with Crippen molar-refractivity contribution in [1.82, 2.24) is 0 Å². The molecular formula is C17H20N2O4. The first-order chi connectivity index (χ1) is 11.2. The monoisotopic (exact) mass is 316 g/mol. The Morgan fingerprint density at radius 2 is 1.48 bits per heavy atom. The summed E-state index contributed by atoms with van der Waals surface area (Å²) in [4.78, 5) is 0. The summed E-state index contributed by atoms with van der Waals surface area (Å²) in [5.74, 6) is 2.06. The maximum absolute atomic E-state index is 5.45. The molecule has 2 aromatic rings. The lowest BCUT2D eigenvalue weighted by Gasteiger charge is -2.16. The third-order valence-electron chi connectivity index (χ3n) is 3.21. The standard InChI is InChI=1S/C17H20N2O4/c1-20-14-10-15(21-2)17(23-4)16(22-3)13(14)11-18-19-12-8-6-5-7-9-12/h5-11,19H,1-4H3. The van der Waals surface area contributed by atoms with Gasteiger partial charge < -0.3 is 18.9 Å². The lowest BCUT2D eigenvalue weighted by atomic mass is 10.1. The molecule has 122 valence electrons. The average molecular weight is 316 g/mol. The van der Waals surface area contributed by atoms with E-state index in [-0.39, 0.29) is 0 Å². The van der Waals surface area contributed by atoms with Gasteiger partial charge in [-0.2, -0.15) is 5.10 Å². The fraction of sp³-hybridized carbons (Fsp3) is 0.235. The van der Waals surface area contributed by atoms with Crippen LogP contribution in [-0.2, 0) is 0 Å². The van der Waals surface area contributed by atoms with Crippen LogP contribution < -0.4 is 24.4 Å². The van der Waals surface area contributed by atoms with Crippen LogP contribution in [0.5, 0.6) is 23.0 Å². The fourth-order valence-electron chi connectivity index (χ4n) is 2.13. The van der Waals surface area contributed by atoms with Crippen molar-refractivity contribution in [2.75, 3.05) is 33.9 Å². The second kappa shape index (κ2) is 7.93. The average Bonchev–Trinajstić information content (AvgIpc) is 2.61. The van der Waals surface area contributed by atoms with Gasteiger partial charge in [-0.25, -0.2) is 0 Å². The summed E-state index contributed by atoms with van der Waals surface area (Å²) in [6, 6.07) is 11.4. The summed E-state index contributed by atoms with van der Waals surface area (Å²) in [5, 5.41) is 4.23. The quantitative estimate of drug-likeness (QED) is 0.628.